The topological polar surface area (TPSA) is 40.5 Å². The lowest BCUT2D eigenvalue weighted by Gasteiger charge is -2.32. The van der Waals surface area contributed by atoms with Crippen molar-refractivity contribution in [2.75, 3.05) is 0 Å². The van der Waals surface area contributed by atoms with Crippen molar-refractivity contribution in [3.8, 4) is 0 Å². The summed E-state index contributed by atoms with van der Waals surface area (Å²) in [6.45, 7) is 8.18. The predicted octanol–water partition coefficient (Wildman–Crippen LogP) is 2.72. The minimum Gasteiger partial charge on any atom is -0.390 e. The number of hydrogen-bond acceptors (Lipinski definition) is 2. The maximum absolute atomic E-state index is 9.89. The predicted molar refractivity (Wildman–Crippen MR) is 60.2 cm³/mol. The van der Waals surface area contributed by atoms with Gasteiger partial charge < -0.3 is 10.2 Å². The normalized spacial score (nSPS) is 16.7. The van der Waals surface area contributed by atoms with E-state index in [0.29, 0.717) is 0 Å². The molecule has 86 valence electrons. The third kappa shape index (κ3) is 4.43. The van der Waals surface area contributed by atoms with Crippen LogP contribution in [-0.4, -0.2) is 22.4 Å². The minimum atomic E-state index is -0.593. The summed E-state index contributed by atoms with van der Waals surface area (Å²) in [6.07, 6.45) is 3.75. The van der Waals surface area contributed by atoms with Crippen LogP contribution >= 0.6 is 0 Å². The van der Waals surface area contributed by atoms with E-state index in [-0.39, 0.29) is 5.41 Å². The Morgan fingerprint density at radius 2 is 1.64 bits per heavy atom. The number of hydrogen-bond donors (Lipinski definition) is 2. The van der Waals surface area contributed by atoms with Gasteiger partial charge in [-0.05, 0) is 18.3 Å². The summed E-state index contributed by atoms with van der Waals surface area (Å²) in [4.78, 5) is 0. The third-order valence-corrected chi connectivity index (χ3v) is 3.18. The molecule has 2 heteroatoms. The van der Waals surface area contributed by atoms with Crippen LogP contribution in [0.4, 0.5) is 0 Å². The van der Waals surface area contributed by atoms with Crippen molar-refractivity contribution in [3.63, 3.8) is 0 Å². The fourth-order valence-corrected chi connectivity index (χ4v) is 1.49. The number of unbranched alkanes of at least 4 members (excludes halogenated alkanes) is 2. The first-order chi connectivity index (χ1) is 6.45. The molecule has 0 rings (SSSR count). The van der Waals surface area contributed by atoms with Crippen LogP contribution < -0.4 is 0 Å². The van der Waals surface area contributed by atoms with Gasteiger partial charge in [-0.2, -0.15) is 0 Å². The molecule has 0 heterocycles. The van der Waals surface area contributed by atoms with E-state index in [2.05, 4.69) is 6.92 Å². The summed E-state index contributed by atoms with van der Waals surface area (Å²) in [7, 11) is 0. The van der Waals surface area contributed by atoms with Gasteiger partial charge in [0, 0.05) is 0 Å². The summed E-state index contributed by atoms with van der Waals surface area (Å²) in [6, 6.07) is 0. The van der Waals surface area contributed by atoms with Crippen LogP contribution in [0.1, 0.15) is 59.8 Å². The Kier molecular flexibility index (Phi) is 6.38. The molecule has 0 aromatic rings. The van der Waals surface area contributed by atoms with Crippen LogP contribution in [0.3, 0.4) is 0 Å². The quantitative estimate of drug-likeness (QED) is 0.623. The SMILES string of the molecule is CCCCCC(O)C(O)C(C)(C)CC. The zero-order chi connectivity index (χ0) is 11.2. The van der Waals surface area contributed by atoms with Gasteiger partial charge in [-0.25, -0.2) is 0 Å². The molecular weight excluding hydrogens is 176 g/mol. The van der Waals surface area contributed by atoms with E-state index in [9.17, 15) is 10.2 Å². The first kappa shape index (κ1) is 13.9. The Balaban J connectivity index is 3.92. The molecule has 2 atom stereocenters. The zero-order valence-corrected chi connectivity index (χ0v) is 10.1. The lowest BCUT2D eigenvalue weighted by Crippen LogP contribution is -2.39. The van der Waals surface area contributed by atoms with Gasteiger partial charge >= 0.3 is 0 Å². The van der Waals surface area contributed by atoms with Gasteiger partial charge in [-0.15, -0.1) is 0 Å². The van der Waals surface area contributed by atoms with Crippen molar-refractivity contribution in [1.29, 1.82) is 0 Å². The Morgan fingerprint density at radius 1 is 1.07 bits per heavy atom. The summed E-state index contributed by atoms with van der Waals surface area (Å²) in [5, 5.41) is 19.7. The second-order valence-corrected chi connectivity index (χ2v) is 4.85. The van der Waals surface area contributed by atoms with E-state index in [0.717, 1.165) is 32.1 Å². The minimum absolute atomic E-state index is 0.175. The molecule has 0 aliphatic carbocycles. The van der Waals surface area contributed by atoms with Crippen LogP contribution in [0.15, 0.2) is 0 Å². The van der Waals surface area contributed by atoms with Gasteiger partial charge in [0.2, 0.25) is 0 Å². The highest BCUT2D eigenvalue weighted by atomic mass is 16.3. The molecule has 0 amide bonds. The van der Waals surface area contributed by atoms with Gasteiger partial charge in [0.15, 0.2) is 0 Å². The average molecular weight is 202 g/mol. The molecule has 0 bridgehead atoms. The summed E-state index contributed by atoms with van der Waals surface area (Å²) in [5.41, 5.74) is -0.175. The largest absolute Gasteiger partial charge is 0.390 e. The summed E-state index contributed by atoms with van der Waals surface area (Å²) < 4.78 is 0. The Morgan fingerprint density at radius 3 is 2.07 bits per heavy atom. The number of rotatable bonds is 7. The molecule has 0 radical (unpaired) electrons. The van der Waals surface area contributed by atoms with E-state index < -0.39 is 12.2 Å². The highest BCUT2D eigenvalue weighted by Crippen LogP contribution is 2.28. The average Bonchev–Trinajstić information content (AvgIpc) is 2.17. The van der Waals surface area contributed by atoms with Crippen LogP contribution in [0.5, 0.6) is 0 Å². The fraction of sp³-hybridized carbons (Fsp3) is 1.00. The van der Waals surface area contributed by atoms with Crippen LogP contribution in [-0.2, 0) is 0 Å². The standard InChI is InChI=1S/C12H26O2/c1-5-7-8-9-10(13)11(14)12(3,4)6-2/h10-11,13-14H,5-9H2,1-4H3. The van der Waals surface area contributed by atoms with Crippen molar-refractivity contribution in [1.82, 2.24) is 0 Å². The summed E-state index contributed by atoms with van der Waals surface area (Å²) >= 11 is 0. The van der Waals surface area contributed by atoms with E-state index in [1.165, 1.54) is 0 Å². The van der Waals surface area contributed by atoms with E-state index in [1.807, 2.05) is 20.8 Å². The molecule has 0 aromatic heterocycles. The van der Waals surface area contributed by atoms with Gasteiger partial charge in [-0.3, -0.25) is 0 Å². The molecule has 0 saturated heterocycles. The second kappa shape index (κ2) is 6.41. The van der Waals surface area contributed by atoms with E-state index >= 15 is 0 Å². The van der Waals surface area contributed by atoms with Crippen LogP contribution in [0, 0.1) is 5.41 Å². The highest BCUT2D eigenvalue weighted by Gasteiger charge is 2.31. The Labute approximate surface area is 88.3 Å². The van der Waals surface area contributed by atoms with Gasteiger partial charge in [0.1, 0.15) is 0 Å². The first-order valence-electron chi connectivity index (χ1n) is 5.81. The molecular formula is C12H26O2. The van der Waals surface area contributed by atoms with Crippen molar-refractivity contribution >= 4 is 0 Å². The molecule has 0 fully saturated rings. The van der Waals surface area contributed by atoms with Crippen LogP contribution in [0.25, 0.3) is 0 Å². The lowest BCUT2D eigenvalue weighted by atomic mass is 9.80. The molecule has 0 spiro atoms. The first-order valence-corrected chi connectivity index (χ1v) is 5.81. The van der Waals surface area contributed by atoms with Gasteiger partial charge in [0.25, 0.3) is 0 Å². The van der Waals surface area contributed by atoms with Crippen molar-refractivity contribution < 1.29 is 10.2 Å². The molecule has 0 aromatic carbocycles. The number of aliphatic hydroxyl groups excluding tert-OH is 2. The highest BCUT2D eigenvalue weighted by molar-refractivity contribution is 4.81. The smallest absolute Gasteiger partial charge is 0.0849 e. The van der Waals surface area contributed by atoms with Crippen LogP contribution in [0.2, 0.25) is 0 Å². The van der Waals surface area contributed by atoms with Crippen molar-refractivity contribution in [3.05, 3.63) is 0 Å². The van der Waals surface area contributed by atoms with Crippen molar-refractivity contribution in [2.24, 2.45) is 5.41 Å². The van der Waals surface area contributed by atoms with E-state index in [1.54, 1.807) is 0 Å². The second-order valence-electron chi connectivity index (χ2n) is 4.85. The maximum Gasteiger partial charge on any atom is 0.0849 e. The fourth-order valence-electron chi connectivity index (χ4n) is 1.49. The Hall–Kier alpha value is -0.0800. The Bertz CT molecular complexity index is 143. The molecule has 2 N–H and O–H groups in total. The van der Waals surface area contributed by atoms with E-state index in [4.69, 9.17) is 0 Å². The molecule has 0 saturated carbocycles. The van der Waals surface area contributed by atoms with Gasteiger partial charge in [0.05, 0.1) is 12.2 Å². The number of aliphatic hydroxyl groups is 2. The summed E-state index contributed by atoms with van der Waals surface area (Å²) in [5.74, 6) is 0. The molecule has 14 heavy (non-hydrogen) atoms. The monoisotopic (exact) mass is 202 g/mol. The lowest BCUT2D eigenvalue weighted by molar-refractivity contribution is -0.0565. The molecule has 0 aliphatic heterocycles. The maximum atomic E-state index is 9.89. The molecule has 2 unspecified atom stereocenters. The zero-order valence-electron chi connectivity index (χ0n) is 10.1. The van der Waals surface area contributed by atoms with Gasteiger partial charge in [-0.1, -0.05) is 47.0 Å². The van der Waals surface area contributed by atoms with Crippen molar-refractivity contribution in [2.45, 2.75) is 72.0 Å². The third-order valence-electron chi connectivity index (χ3n) is 3.18. The molecule has 2 nitrogen and oxygen atoms in total. The molecule has 0 aliphatic rings.